The zero-order valence-corrected chi connectivity index (χ0v) is 17.8. The summed E-state index contributed by atoms with van der Waals surface area (Å²) in [6.07, 6.45) is 3.60. The fourth-order valence-electron chi connectivity index (χ4n) is 3.22. The summed E-state index contributed by atoms with van der Waals surface area (Å²) in [6, 6.07) is 20.1. The lowest BCUT2D eigenvalue weighted by molar-refractivity contribution is -0.140. The normalized spacial score (nSPS) is 11.4. The van der Waals surface area contributed by atoms with Crippen LogP contribution in [0.1, 0.15) is 23.6 Å². The molecule has 1 aromatic heterocycles. The number of hydrogen-bond donors (Lipinski definition) is 1. The van der Waals surface area contributed by atoms with Gasteiger partial charge in [-0.2, -0.15) is 0 Å². The maximum atomic E-state index is 13.2. The van der Waals surface area contributed by atoms with Crippen LogP contribution in [0.15, 0.2) is 79.1 Å². The first-order valence-electron chi connectivity index (χ1n) is 10.2. The molecule has 0 fully saturated rings. The van der Waals surface area contributed by atoms with E-state index in [4.69, 9.17) is 4.74 Å². The van der Waals surface area contributed by atoms with Gasteiger partial charge in [-0.25, -0.2) is 0 Å². The molecule has 2 amide bonds. The van der Waals surface area contributed by atoms with Gasteiger partial charge in [-0.05, 0) is 47.9 Å². The minimum atomic E-state index is -0.625. The number of ether oxygens (including phenoxy) is 1. The Morgan fingerprint density at radius 3 is 2.26 bits per heavy atom. The predicted molar refractivity (Wildman–Crippen MR) is 119 cm³/mol. The molecule has 0 saturated heterocycles. The van der Waals surface area contributed by atoms with E-state index >= 15 is 0 Å². The van der Waals surface area contributed by atoms with Gasteiger partial charge in [0.2, 0.25) is 11.8 Å². The molecule has 0 spiro atoms. The van der Waals surface area contributed by atoms with Gasteiger partial charge in [0.15, 0.2) is 0 Å². The van der Waals surface area contributed by atoms with E-state index in [1.54, 1.807) is 31.3 Å². The standard InChI is InChI=1S/C25H27N3O3/c1-19(25(30)27-17-21-12-14-26-15-13-21)28(18-22-8-10-23(31-2)11-9-22)24(29)16-20-6-4-3-5-7-20/h3-15,19H,16-18H2,1-2H3,(H,27,30)/t19-/m1/s1. The van der Waals surface area contributed by atoms with Gasteiger partial charge < -0.3 is 15.0 Å². The third kappa shape index (κ3) is 6.40. The summed E-state index contributed by atoms with van der Waals surface area (Å²) in [6.45, 7) is 2.47. The van der Waals surface area contributed by atoms with Crippen molar-refractivity contribution >= 4 is 11.8 Å². The van der Waals surface area contributed by atoms with Gasteiger partial charge in [0, 0.05) is 25.5 Å². The van der Waals surface area contributed by atoms with E-state index in [9.17, 15) is 9.59 Å². The Kier molecular flexibility index (Phi) is 7.76. The molecule has 0 aliphatic rings. The number of nitrogens with zero attached hydrogens (tertiary/aromatic N) is 2. The monoisotopic (exact) mass is 417 g/mol. The Morgan fingerprint density at radius 1 is 0.935 bits per heavy atom. The topological polar surface area (TPSA) is 71.5 Å². The van der Waals surface area contributed by atoms with Crippen LogP contribution < -0.4 is 10.1 Å². The van der Waals surface area contributed by atoms with Crippen molar-refractivity contribution in [3.05, 3.63) is 95.8 Å². The summed E-state index contributed by atoms with van der Waals surface area (Å²) >= 11 is 0. The second-order valence-corrected chi connectivity index (χ2v) is 7.28. The number of hydrogen-bond acceptors (Lipinski definition) is 4. The van der Waals surface area contributed by atoms with Gasteiger partial charge in [-0.3, -0.25) is 14.6 Å². The van der Waals surface area contributed by atoms with E-state index in [2.05, 4.69) is 10.3 Å². The lowest BCUT2D eigenvalue weighted by Crippen LogP contribution is -2.47. The molecule has 160 valence electrons. The molecule has 0 saturated carbocycles. The van der Waals surface area contributed by atoms with Crippen molar-refractivity contribution in [3.63, 3.8) is 0 Å². The van der Waals surface area contributed by atoms with E-state index < -0.39 is 6.04 Å². The highest BCUT2D eigenvalue weighted by Crippen LogP contribution is 2.16. The Labute approximate surface area is 182 Å². The average molecular weight is 418 g/mol. The third-order valence-corrected chi connectivity index (χ3v) is 5.09. The molecule has 6 nitrogen and oxygen atoms in total. The van der Waals surface area contributed by atoms with Crippen LogP contribution in [0, 0.1) is 0 Å². The molecule has 0 aliphatic carbocycles. The number of nitrogens with one attached hydrogen (secondary N) is 1. The molecule has 1 N–H and O–H groups in total. The molecule has 3 rings (SSSR count). The molecule has 0 unspecified atom stereocenters. The van der Waals surface area contributed by atoms with Crippen molar-refractivity contribution in [1.82, 2.24) is 15.2 Å². The zero-order valence-electron chi connectivity index (χ0n) is 17.8. The zero-order chi connectivity index (χ0) is 22.1. The van der Waals surface area contributed by atoms with Crippen molar-refractivity contribution in [2.45, 2.75) is 32.5 Å². The van der Waals surface area contributed by atoms with Crippen molar-refractivity contribution in [2.24, 2.45) is 0 Å². The van der Waals surface area contributed by atoms with Crippen LogP contribution in [-0.2, 0) is 29.1 Å². The highest BCUT2D eigenvalue weighted by Gasteiger charge is 2.26. The van der Waals surface area contributed by atoms with Crippen LogP contribution >= 0.6 is 0 Å². The molecular weight excluding hydrogens is 390 g/mol. The first-order chi connectivity index (χ1) is 15.1. The van der Waals surface area contributed by atoms with Crippen LogP contribution in [-0.4, -0.2) is 34.8 Å². The van der Waals surface area contributed by atoms with Gasteiger partial charge in [-0.1, -0.05) is 42.5 Å². The Hall–Kier alpha value is -3.67. The van der Waals surface area contributed by atoms with Crippen LogP contribution in [0.25, 0.3) is 0 Å². The molecule has 1 heterocycles. The Balaban J connectivity index is 1.73. The first kappa shape index (κ1) is 22.0. The summed E-state index contributed by atoms with van der Waals surface area (Å²) in [5.74, 6) is 0.439. The minimum absolute atomic E-state index is 0.103. The smallest absolute Gasteiger partial charge is 0.242 e. The maximum absolute atomic E-state index is 13.2. The van der Waals surface area contributed by atoms with Crippen molar-refractivity contribution in [2.75, 3.05) is 7.11 Å². The Bertz CT molecular complexity index is 976. The number of amides is 2. The number of carbonyl (C=O) groups excluding carboxylic acids is 2. The van der Waals surface area contributed by atoms with Crippen molar-refractivity contribution < 1.29 is 14.3 Å². The average Bonchev–Trinajstić information content (AvgIpc) is 2.82. The van der Waals surface area contributed by atoms with Gasteiger partial charge >= 0.3 is 0 Å². The number of carbonyl (C=O) groups is 2. The lowest BCUT2D eigenvalue weighted by atomic mass is 10.1. The molecule has 0 radical (unpaired) electrons. The summed E-state index contributed by atoms with van der Waals surface area (Å²) in [7, 11) is 1.61. The number of benzene rings is 2. The maximum Gasteiger partial charge on any atom is 0.242 e. The molecule has 6 heteroatoms. The van der Waals surface area contributed by atoms with E-state index in [-0.39, 0.29) is 18.2 Å². The quantitative estimate of drug-likeness (QED) is 0.580. The van der Waals surface area contributed by atoms with Gasteiger partial charge in [0.1, 0.15) is 11.8 Å². The predicted octanol–water partition coefficient (Wildman–Crippen LogP) is 3.37. The van der Waals surface area contributed by atoms with Crippen LogP contribution in [0.2, 0.25) is 0 Å². The van der Waals surface area contributed by atoms with E-state index in [0.29, 0.717) is 13.1 Å². The fraction of sp³-hybridized carbons (Fsp3) is 0.240. The van der Waals surface area contributed by atoms with Gasteiger partial charge in [-0.15, -0.1) is 0 Å². The number of aromatic nitrogens is 1. The largest absolute Gasteiger partial charge is 0.497 e. The van der Waals surface area contributed by atoms with Crippen molar-refractivity contribution in [3.8, 4) is 5.75 Å². The van der Waals surface area contributed by atoms with Crippen LogP contribution in [0.4, 0.5) is 0 Å². The minimum Gasteiger partial charge on any atom is -0.497 e. The second kappa shape index (κ2) is 10.9. The molecule has 31 heavy (non-hydrogen) atoms. The number of rotatable bonds is 9. The fourth-order valence-corrected chi connectivity index (χ4v) is 3.22. The van der Waals surface area contributed by atoms with Crippen LogP contribution in [0.5, 0.6) is 5.75 Å². The van der Waals surface area contributed by atoms with Gasteiger partial charge in [0.05, 0.1) is 13.5 Å². The summed E-state index contributed by atoms with van der Waals surface area (Å²) in [5, 5.41) is 2.92. The summed E-state index contributed by atoms with van der Waals surface area (Å²) < 4.78 is 5.21. The van der Waals surface area contributed by atoms with E-state index in [1.807, 2.05) is 66.7 Å². The second-order valence-electron chi connectivity index (χ2n) is 7.28. The van der Waals surface area contributed by atoms with Crippen LogP contribution in [0.3, 0.4) is 0 Å². The molecular formula is C25H27N3O3. The van der Waals surface area contributed by atoms with E-state index in [1.165, 1.54) is 0 Å². The highest BCUT2D eigenvalue weighted by atomic mass is 16.5. The highest BCUT2D eigenvalue weighted by molar-refractivity contribution is 5.88. The van der Waals surface area contributed by atoms with E-state index in [0.717, 1.165) is 22.4 Å². The number of methoxy groups -OCH3 is 1. The molecule has 0 aliphatic heterocycles. The molecule has 0 bridgehead atoms. The summed E-state index contributed by atoms with van der Waals surface area (Å²) in [5.41, 5.74) is 2.79. The lowest BCUT2D eigenvalue weighted by Gasteiger charge is -2.29. The molecule has 1 atom stereocenters. The first-order valence-corrected chi connectivity index (χ1v) is 10.2. The Morgan fingerprint density at radius 2 is 1.61 bits per heavy atom. The number of pyridine rings is 1. The van der Waals surface area contributed by atoms with Crippen molar-refractivity contribution in [1.29, 1.82) is 0 Å². The molecule has 3 aromatic rings. The third-order valence-electron chi connectivity index (χ3n) is 5.09. The molecule has 2 aromatic carbocycles. The summed E-state index contributed by atoms with van der Waals surface area (Å²) in [4.78, 5) is 31.6. The van der Waals surface area contributed by atoms with Gasteiger partial charge in [0.25, 0.3) is 0 Å². The SMILES string of the molecule is COc1ccc(CN(C(=O)Cc2ccccc2)[C@H](C)C(=O)NCc2ccncc2)cc1.